The molecule has 58 valence electrons. The Morgan fingerprint density at radius 1 is 1.70 bits per heavy atom. The molecule has 1 atom stereocenters. The van der Waals surface area contributed by atoms with Crippen LogP contribution in [-0.2, 0) is 0 Å². The third-order valence-electron chi connectivity index (χ3n) is 1.57. The Kier molecular flexibility index (Phi) is 4.73. The van der Waals surface area contributed by atoms with Gasteiger partial charge in [0.15, 0.2) is 0 Å². The molecule has 0 aliphatic carbocycles. The molecule has 1 unspecified atom stereocenters. The predicted molar refractivity (Wildman–Crippen MR) is 45.0 cm³/mol. The summed E-state index contributed by atoms with van der Waals surface area (Å²) in [4.78, 5) is 0. The Hall–Kier alpha value is -0.720. The second kappa shape index (κ2) is 5.10. The van der Waals surface area contributed by atoms with Gasteiger partial charge < -0.3 is 5.11 Å². The molecule has 1 N–H and O–H groups in total. The Morgan fingerprint density at radius 3 is 2.70 bits per heavy atom. The Labute approximate surface area is 63.1 Å². The molecule has 0 aromatic rings. The average molecular weight is 140 g/mol. The third-order valence-corrected chi connectivity index (χ3v) is 1.57. The van der Waals surface area contributed by atoms with Gasteiger partial charge in [-0.15, -0.1) is 0 Å². The molecule has 10 heavy (non-hydrogen) atoms. The molecule has 0 rings (SSSR count). The Bertz CT molecular complexity index is 125. The molecule has 0 amide bonds. The van der Waals surface area contributed by atoms with E-state index >= 15 is 0 Å². The molecular weight excluding hydrogens is 124 g/mol. The minimum atomic E-state index is 0.233. The standard InChI is InChI=1S/C9H16O/c1-4-5-6-7-8(2)9(3)10/h4-5,8,10H,3,6-7H2,1-2H3/b5-4-. The zero-order valence-electron chi connectivity index (χ0n) is 6.80. The van der Waals surface area contributed by atoms with Gasteiger partial charge in [-0.3, -0.25) is 0 Å². The third kappa shape index (κ3) is 4.19. The van der Waals surface area contributed by atoms with Crippen molar-refractivity contribution < 1.29 is 5.11 Å². The number of aliphatic hydroxyl groups is 1. The van der Waals surface area contributed by atoms with Crippen molar-refractivity contribution in [3.8, 4) is 0 Å². The van der Waals surface area contributed by atoms with Crippen LogP contribution in [0.4, 0.5) is 0 Å². The number of hydrogen-bond acceptors (Lipinski definition) is 1. The van der Waals surface area contributed by atoms with E-state index in [1.165, 1.54) is 0 Å². The van der Waals surface area contributed by atoms with Crippen LogP contribution in [0.2, 0.25) is 0 Å². The van der Waals surface area contributed by atoms with E-state index in [1.807, 2.05) is 19.9 Å². The topological polar surface area (TPSA) is 20.2 Å². The van der Waals surface area contributed by atoms with Gasteiger partial charge in [0.05, 0.1) is 5.76 Å². The monoisotopic (exact) mass is 140 g/mol. The van der Waals surface area contributed by atoms with Crippen LogP contribution in [0.1, 0.15) is 26.7 Å². The molecule has 0 aromatic carbocycles. The molecule has 1 nitrogen and oxygen atoms in total. The summed E-state index contributed by atoms with van der Waals surface area (Å²) in [5.41, 5.74) is 0. The van der Waals surface area contributed by atoms with Gasteiger partial charge in [-0.2, -0.15) is 0 Å². The summed E-state index contributed by atoms with van der Waals surface area (Å²) in [7, 11) is 0. The molecular formula is C9H16O. The van der Waals surface area contributed by atoms with E-state index in [1.54, 1.807) is 0 Å². The maximum Gasteiger partial charge on any atom is 0.0879 e. The summed E-state index contributed by atoms with van der Waals surface area (Å²) in [6.45, 7) is 7.44. The van der Waals surface area contributed by atoms with E-state index in [2.05, 4.69) is 12.7 Å². The summed E-state index contributed by atoms with van der Waals surface area (Å²) in [6.07, 6.45) is 6.13. The van der Waals surface area contributed by atoms with Crippen LogP contribution in [-0.4, -0.2) is 5.11 Å². The zero-order valence-corrected chi connectivity index (χ0v) is 6.80. The van der Waals surface area contributed by atoms with E-state index in [0.717, 1.165) is 12.8 Å². The highest BCUT2D eigenvalue weighted by Crippen LogP contribution is 2.11. The van der Waals surface area contributed by atoms with Crippen molar-refractivity contribution in [2.24, 2.45) is 5.92 Å². The van der Waals surface area contributed by atoms with Crippen molar-refractivity contribution in [3.05, 3.63) is 24.5 Å². The fourth-order valence-corrected chi connectivity index (χ4v) is 0.680. The summed E-state index contributed by atoms with van der Waals surface area (Å²) >= 11 is 0. The highest BCUT2D eigenvalue weighted by atomic mass is 16.3. The summed E-state index contributed by atoms with van der Waals surface area (Å²) in [5, 5.41) is 8.90. The average Bonchev–Trinajstić information content (AvgIpc) is 1.88. The maximum absolute atomic E-state index is 8.90. The predicted octanol–water partition coefficient (Wildman–Crippen LogP) is 3.05. The second-order valence-electron chi connectivity index (χ2n) is 2.54. The molecule has 0 saturated heterocycles. The van der Waals surface area contributed by atoms with E-state index in [9.17, 15) is 0 Å². The Balaban J connectivity index is 3.39. The second-order valence-corrected chi connectivity index (χ2v) is 2.54. The zero-order chi connectivity index (χ0) is 7.98. The molecule has 1 heteroatoms. The summed E-state index contributed by atoms with van der Waals surface area (Å²) in [6, 6.07) is 0. The maximum atomic E-state index is 8.90. The molecule has 0 aliphatic rings. The van der Waals surface area contributed by atoms with Crippen molar-refractivity contribution in [1.29, 1.82) is 0 Å². The van der Waals surface area contributed by atoms with E-state index < -0.39 is 0 Å². The van der Waals surface area contributed by atoms with E-state index in [-0.39, 0.29) is 5.92 Å². The van der Waals surface area contributed by atoms with Crippen LogP contribution in [0.5, 0.6) is 0 Å². The van der Waals surface area contributed by atoms with Crippen LogP contribution in [0, 0.1) is 5.92 Å². The number of allylic oxidation sites excluding steroid dienone is 3. The van der Waals surface area contributed by atoms with Crippen molar-refractivity contribution in [2.45, 2.75) is 26.7 Å². The van der Waals surface area contributed by atoms with Gasteiger partial charge in [0.2, 0.25) is 0 Å². The molecule has 0 fully saturated rings. The van der Waals surface area contributed by atoms with Gasteiger partial charge in [-0.05, 0) is 19.8 Å². The van der Waals surface area contributed by atoms with Crippen LogP contribution >= 0.6 is 0 Å². The molecule has 0 aromatic heterocycles. The minimum Gasteiger partial charge on any atom is -0.513 e. The lowest BCUT2D eigenvalue weighted by Gasteiger charge is -2.05. The first-order valence-electron chi connectivity index (χ1n) is 3.67. The molecule has 0 aliphatic heterocycles. The van der Waals surface area contributed by atoms with Gasteiger partial charge in [-0.1, -0.05) is 25.7 Å². The van der Waals surface area contributed by atoms with Crippen LogP contribution in [0.3, 0.4) is 0 Å². The normalized spacial score (nSPS) is 13.8. The lowest BCUT2D eigenvalue weighted by atomic mass is 10.0. The SMILES string of the molecule is C=C(O)C(C)CC/C=C\C. The van der Waals surface area contributed by atoms with Gasteiger partial charge >= 0.3 is 0 Å². The summed E-state index contributed by atoms with van der Waals surface area (Å²) < 4.78 is 0. The lowest BCUT2D eigenvalue weighted by molar-refractivity contribution is 0.335. The van der Waals surface area contributed by atoms with Gasteiger partial charge in [0.25, 0.3) is 0 Å². The lowest BCUT2D eigenvalue weighted by Crippen LogP contribution is -1.95. The molecule has 0 heterocycles. The quantitative estimate of drug-likeness (QED) is 0.470. The highest BCUT2D eigenvalue weighted by molar-refractivity contribution is 4.88. The minimum absolute atomic E-state index is 0.233. The highest BCUT2D eigenvalue weighted by Gasteiger charge is 2.01. The smallest absolute Gasteiger partial charge is 0.0879 e. The van der Waals surface area contributed by atoms with Crippen LogP contribution in [0.25, 0.3) is 0 Å². The fourth-order valence-electron chi connectivity index (χ4n) is 0.680. The van der Waals surface area contributed by atoms with Gasteiger partial charge in [0, 0.05) is 5.92 Å². The number of hydrogen-bond donors (Lipinski definition) is 1. The van der Waals surface area contributed by atoms with E-state index in [0.29, 0.717) is 5.76 Å². The molecule has 0 bridgehead atoms. The van der Waals surface area contributed by atoms with Gasteiger partial charge in [0.1, 0.15) is 0 Å². The van der Waals surface area contributed by atoms with Crippen molar-refractivity contribution >= 4 is 0 Å². The first-order valence-corrected chi connectivity index (χ1v) is 3.67. The Morgan fingerprint density at radius 2 is 2.30 bits per heavy atom. The van der Waals surface area contributed by atoms with Crippen molar-refractivity contribution in [1.82, 2.24) is 0 Å². The van der Waals surface area contributed by atoms with Crippen molar-refractivity contribution in [2.75, 3.05) is 0 Å². The molecule has 0 saturated carbocycles. The fraction of sp³-hybridized carbons (Fsp3) is 0.556. The van der Waals surface area contributed by atoms with Crippen LogP contribution in [0.15, 0.2) is 24.5 Å². The summed E-state index contributed by atoms with van der Waals surface area (Å²) in [5.74, 6) is 0.528. The number of rotatable bonds is 4. The number of aliphatic hydroxyl groups excluding tert-OH is 1. The van der Waals surface area contributed by atoms with Crippen LogP contribution < -0.4 is 0 Å². The first-order chi connectivity index (χ1) is 4.68. The molecule has 0 spiro atoms. The largest absolute Gasteiger partial charge is 0.513 e. The van der Waals surface area contributed by atoms with E-state index in [4.69, 9.17) is 5.11 Å². The van der Waals surface area contributed by atoms with Crippen molar-refractivity contribution in [3.63, 3.8) is 0 Å². The first kappa shape index (κ1) is 9.28. The molecule has 0 radical (unpaired) electrons. The van der Waals surface area contributed by atoms with Gasteiger partial charge in [-0.25, -0.2) is 0 Å².